The van der Waals surface area contributed by atoms with E-state index in [1.807, 2.05) is 48.5 Å². The van der Waals surface area contributed by atoms with Crippen LogP contribution in [0.1, 0.15) is 36.8 Å². The van der Waals surface area contributed by atoms with Gasteiger partial charge in [-0.1, -0.05) is 35.5 Å². The molecule has 0 bridgehead atoms. The second kappa shape index (κ2) is 7.86. The average Bonchev–Trinajstić information content (AvgIpc) is 3.13. The zero-order valence-corrected chi connectivity index (χ0v) is 13.9. The fourth-order valence-corrected chi connectivity index (χ4v) is 3.12. The number of oxime groups is 1. The standard InChI is InChI=1S/C20H23NO3/c1-23-19-12-11-16(14-20(19)24-17-9-5-6-10-17)18(21-22)13-15-7-3-2-4-8-15/h2-4,7-8,11-12,14,17,22H,5-6,9-10,13H2,1H3/b21-18+. The van der Waals surface area contributed by atoms with E-state index in [0.717, 1.165) is 29.7 Å². The Kier molecular flexibility index (Phi) is 5.36. The minimum Gasteiger partial charge on any atom is -0.493 e. The number of methoxy groups -OCH3 is 1. The van der Waals surface area contributed by atoms with Crippen molar-refractivity contribution in [3.8, 4) is 11.5 Å². The second-order valence-electron chi connectivity index (χ2n) is 6.10. The first-order valence-electron chi connectivity index (χ1n) is 8.40. The van der Waals surface area contributed by atoms with E-state index in [4.69, 9.17) is 9.47 Å². The Hall–Kier alpha value is -2.49. The normalized spacial score (nSPS) is 15.5. The molecule has 126 valence electrons. The van der Waals surface area contributed by atoms with Crippen molar-refractivity contribution in [2.45, 2.75) is 38.2 Å². The quantitative estimate of drug-likeness (QED) is 0.485. The van der Waals surface area contributed by atoms with Crippen LogP contribution >= 0.6 is 0 Å². The van der Waals surface area contributed by atoms with E-state index in [2.05, 4.69) is 5.16 Å². The highest BCUT2D eigenvalue weighted by molar-refractivity contribution is 6.02. The average molecular weight is 325 g/mol. The molecule has 0 atom stereocenters. The Labute approximate surface area is 142 Å². The third-order valence-electron chi connectivity index (χ3n) is 4.43. The number of rotatable bonds is 6. The predicted octanol–water partition coefficient (Wildman–Crippen LogP) is 4.44. The summed E-state index contributed by atoms with van der Waals surface area (Å²) in [5.74, 6) is 1.43. The number of nitrogens with zero attached hydrogens (tertiary/aromatic N) is 1. The molecule has 0 aliphatic heterocycles. The van der Waals surface area contributed by atoms with Crippen molar-refractivity contribution in [1.82, 2.24) is 0 Å². The summed E-state index contributed by atoms with van der Waals surface area (Å²) in [6, 6.07) is 15.7. The van der Waals surface area contributed by atoms with Crippen molar-refractivity contribution in [3.63, 3.8) is 0 Å². The molecule has 1 fully saturated rings. The molecule has 1 saturated carbocycles. The van der Waals surface area contributed by atoms with E-state index >= 15 is 0 Å². The van der Waals surface area contributed by atoms with Crippen molar-refractivity contribution in [2.24, 2.45) is 5.16 Å². The first-order chi connectivity index (χ1) is 11.8. The molecule has 1 aliphatic rings. The monoisotopic (exact) mass is 325 g/mol. The van der Waals surface area contributed by atoms with Gasteiger partial charge < -0.3 is 14.7 Å². The van der Waals surface area contributed by atoms with Gasteiger partial charge in [0.25, 0.3) is 0 Å². The van der Waals surface area contributed by atoms with Crippen molar-refractivity contribution in [2.75, 3.05) is 7.11 Å². The predicted molar refractivity (Wildman–Crippen MR) is 94.3 cm³/mol. The highest BCUT2D eigenvalue weighted by atomic mass is 16.5. The topological polar surface area (TPSA) is 51.0 Å². The number of hydrogen-bond acceptors (Lipinski definition) is 4. The van der Waals surface area contributed by atoms with Crippen LogP contribution < -0.4 is 9.47 Å². The molecule has 4 heteroatoms. The van der Waals surface area contributed by atoms with Crippen molar-refractivity contribution < 1.29 is 14.7 Å². The van der Waals surface area contributed by atoms with E-state index in [9.17, 15) is 5.21 Å². The van der Waals surface area contributed by atoms with E-state index in [-0.39, 0.29) is 6.10 Å². The molecule has 2 aromatic carbocycles. The zero-order valence-electron chi connectivity index (χ0n) is 13.9. The maximum absolute atomic E-state index is 9.46. The minimum absolute atomic E-state index is 0.248. The molecule has 1 N–H and O–H groups in total. The summed E-state index contributed by atoms with van der Waals surface area (Å²) in [5, 5.41) is 13.0. The number of benzene rings is 2. The van der Waals surface area contributed by atoms with Gasteiger partial charge in [0.2, 0.25) is 0 Å². The molecule has 0 spiro atoms. The SMILES string of the molecule is COc1ccc(/C(Cc2ccccc2)=N/O)cc1OC1CCCC1. The van der Waals surface area contributed by atoms with Crippen LogP contribution in [0.3, 0.4) is 0 Å². The number of hydrogen-bond donors (Lipinski definition) is 1. The third kappa shape index (κ3) is 3.88. The maximum Gasteiger partial charge on any atom is 0.162 e. The molecule has 4 nitrogen and oxygen atoms in total. The largest absolute Gasteiger partial charge is 0.493 e. The molecule has 0 aromatic heterocycles. The highest BCUT2D eigenvalue weighted by Gasteiger charge is 2.19. The fourth-order valence-electron chi connectivity index (χ4n) is 3.12. The molecule has 0 saturated heterocycles. The van der Waals surface area contributed by atoms with Crippen molar-refractivity contribution in [1.29, 1.82) is 0 Å². The summed E-state index contributed by atoms with van der Waals surface area (Å²) in [7, 11) is 1.64. The summed E-state index contributed by atoms with van der Waals surface area (Å²) in [5.41, 5.74) is 2.55. The van der Waals surface area contributed by atoms with Crippen LogP contribution in [-0.4, -0.2) is 24.1 Å². The maximum atomic E-state index is 9.46. The van der Waals surface area contributed by atoms with Gasteiger partial charge in [-0.05, 0) is 49.4 Å². The van der Waals surface area contributed by atoms with E-state index in [1.54, 1.807) is 7.11 Å². The van der Waals surface area contributed by atoms with Crippen LogP contribution in [0.5, 0.6) is 11.5 Å². The highest BCUT2D eigenvalue weighted by Crippen LogP contribution is 2.32. The first kappa shape index (κ1) is 16.4. The molecule has 0 radical (unpaired) electrons. The Morgan fingerprint density at radius 2 is 1.83 bits per heavy atom. The van der Waals surface area contributed by atoms with Gasteiger partial charge in [0.1, 0.15) is 0 Å². The van der Waals surface area contributed by atoms with Crippen LogP contribution in [-0.2, 0) is 6.42 Å². The van der Waals surface area contributed by atoms with Gasteiger partial charge in [0, 0.05) is 12.0 Å². The lowest BCUT2D eigenvalue weighted by atomic mass is 10.0. The molecule has 0 amide bonds. The van der Waals surface area contributed by atoms with E-state index in [1.165, 1.54) is 12.8 Å². The number of ether oxygens (including phenoxy) is 2. The van der Waals surface area contributed by atoms with Crippen LogP contribution in [0, 0.1) is 0 Å². The zero-order chi connectivity index (χ0) is 16.8. The lowest BCUT2D eigenvalue weighted by molar-refractivity contribution is 0.201. The summed E-state index contributed by atoms with van der Waals surface area (Å²) in [6.07, 6.45) is 5.40. The lowest BCUT2D eigenvalue weighted by Crippen LogP contribution is -2.13. The van der Waals surface area contributed by atoms with Gasteiger partial charge in [0.15, 0.2) is 11.5 Å². The van der Waals surface area contributed by atoms with Crippen LogP contribution in [0.4, 0.5) is 0 Å². The molecule has 0 heterocycles. The fraction of sp³-hybridized carbons (Fsp3) is 0.350. The van der Waals surface area contributed by atoms with E-state index < -0.39 is 0 Å². The Morgan fingerprint density at radius 1 is 1.08 bits per heavy atom. The van der Waals surface area contributed by atoms with Crippen molar-refractivity contribution >= 4 is 5.71 Å². The van der Waals surface area contributed by atoms with Gasteiger partial charge >= 0.3 is 0 Å². The second-order valence-corrected chi connectivity index (χ2v) is 6.10. The molecular formula is C20H23NO3. The Morgan fingerprint density at radius 3 is 2.50 bits per heavy atom. The summed E-state index contributed by atoms with van der Waals surface area (Å²) in [6.45, 7) is 0. The molecule has 2 aromatic rings. The van der Waals surface area contributed by atoms with Gasteiger partial charge in [-0.3, -0.25) is 0 Å². The summed E-state index contributed by atoms with van der Waals surface area (Å²) in [4.78, 5) is 0. The Balaban J connectivity index is 1.83. The molecular weight excluding hydrogens is 302 g/mol. The molecule has 24 heavy (non-hydrogen) atoms. The van der Waals surface area contributed by atoms with Crippen molar-refractivity contribution in [3.05, 3.63) is 59.7 Å². The summed E-state index contributed by atoms with van der Waals surface area (Å²) < 4.78 is 11.5. The third-order valence-corrected chi connectivity index (χ3v) is 4.43. The lowest BCUT2D eigenvalue weighted by Gasteiger charge is -2.17. The van der Waals surface area contributed by atoms with Crippen LogP contribution in [0.25, 0.3) is 0 Å². The van der Waals surface area contributed by atoms with Crippen LogP contribution in [0.2, 0.25) is 0 Å². The van der Waals surface area contributed by atoms with Gasteiger partial charge in [-0.25, -0.2) is 0 Å². The van der Waals surface area contributed by atoms with Gasteiger partial charge in [-0.2, -0.15) is 0 Å². The van der Waals surface area contributed by atoms with Gasteiger partial charge in [-0.15, -0.1) is 0 Å². The first-order valence-corrected chi connectivity index (χ1v) is 8.40. The molecule has 0 unspecified atom stereocenters. The smallest absolute Gasteiger partial charge is 0.162 e. The molecule has 3 rings (SSSR count). The van der Waals surface area contributed by atoms with Gasteiger partial charge in [0.05, 0.1) is 18.9 Å². The minimum atomic E-state index is 0.248. The van der Waals surface area contributed by atoms with E-state index in [0.29, 0.717) is 17.9 Å². The molecule has 1 aliphatic carbocycles. The summed E-state index contributed by atoms with van der Waals surface area (Å²) >= 11 is 0. The van der Waals surface area contributed by atoms with Crippen LogP contribution in [0.15, 0.2) is 53.7 Å². The Bertz CT molecular complexity index is 691.